The summed E-state index contributed by atoms with van der Waals surface area (Å²) in [4.78, 5) is 14.1. The van der Waals surface area contributed by atoms with E-state index in [1.54, 1.807) is 12.1 Å². The van der Waals surface area contributed by atoms with Crippen LogP contribution < -0.4 is 10.5 Å². The van der Waals surface area contributed by atoms with Crippen molar-refractivity contribution in [1.29, 1.82) is 0 Å². The minimum atomic E-state index is -3.66. The predicted molar refractivity (Wildman–Crippen MR) is 92.3 cm³/mol. The molecule has 0 aliphatic carbocycles. The molecule has 0 radical (unpaired) electrons. The highest BCUT2D eigenvalue weighted by atomic mass is 32.2. The van der Waals surface area contributed by atoms with Crippen LogP contribution in [0.5, 0.6) is 0 Å². The van der Waals surface area contributed by atoms with E-state index in [2.05, 4.69) is 12.2 Å². The third-order valence-electron chi connectivity index (χ3n) is 3.58. The summed E-state index contributed by atoms with van der Waals surface area (Å²) in [6, 6.07) is 8.30. The predicted octanol–water partition coefficient (Wildman–Crippen LogP) is 2.24. The zero-order valence-electron chi connectivity index (χ0n) is 13.1. The van der Waals surface area contributed by atoms with Crippen molar-refractivity contribution < 1.29 is 13.2 Å². The van der Waals surface area contributed by atoms with Crippen LogP contribution in [0, 0.1) is 6.92 Å². The van der Waals surface area contributed by atoms with Gasteiger partial charge in [0.25, 0.3) is 5.91 Å². The fourth-order valence-electron chi connectivity index (χ4n) is 2.24. The van der Waals surface area contributed by atoms with Crippen molar-refractivity contribution in [2.75, 3.05) is 6.54 Å². The number of carbonyl (C=O) groups excluding carboxylic acids is 1. The molecule has 0 unspecified atom stereocenters. The second-order valence-electron chi connectivity index (χ2n) is 5.24. The van der Waals surface area contributed by atoms with E-state index in [0.29, 0.717) is 13.0 Å². The molecule has 0 fully saturated rings. The number of primary sulfonamides is 1. The zero-order chi connectivity index (χ0) is 17.0. The van der Waals surface area contributed by atoms with Gasteiger partial charge in [0.2, 0.25) is 10.0 Å². The summed E-state index contributed by atoms with van der Waals surface area (Å²) in [5.41, 5.74) is 2.15. The molecule has 0 spiro atoms. The maximum Gasteiger partial charge on any atom is 0.261 e. The normalized spacial score (nSPS) is 11.4. The topological polar surface area (TPSA) is 89.3 Å². The van der Waals surface area contributed by atoms with E-state index < -0.39 is 10.0 Å². The molecule has 124 valence electrons. The SMILES string of the molecule is CCc1cc(C(=O)NCCc2ccc(S(N)(=O)=O)cc2)sc1C. The largest absolute Gasteiger partial charge is 0.351 e. The van der Waals surface area contributed by atoms with Crippen LogP contribution in [-0.4, -0.2) is 20.9 Å². The van der Waals surface area contributed by atoms with Gasteiger partial charge in [-0.05, 0) is 49.1 Å². The summed E-state index contributed by atoms with van der Waals surface area (Å²) in [6.45, 7) is 4.58. The number of sulfonamides is 1. The molecule has 7 heteroatoms. The minimum absolute atomic E-state index is 0.0704. The molecule has 5 nitrogen and oxygen atoms in total. The van der Waals surface area contributed by atoms with E-state index in [9.17, 15) is 13.2 Å². The van der Waals surface area contributed by atoms with E-state index >= 15 is 0 Å². The highest BCUT2D eigenvalue weighted by Gasteiger charge is 2.11. The fraction of sp³-hybridized carbons (Fsp3) is 0.312. The number of nitrogens with two attached hydrogens (primary N) is 1. The second kappa shape index (κ2) is 7.25. The lowest BCUT2D eigenvalue weighted by Gasteiger charge is -2.05. The molecule has 23 heavy (non-hydrogen) atoms. The molecule has 0 aliphatic heterocycles. The van der Waals surface area contributed by atoms with Gasteiger partial charge in [-0.25, -0.2) is 13.6 Å². The first kappa shape index (κ1) is 17.7. The van der Waals surface area contributed by atoms with E-state index in [1.165, 1.54) is 33.9 Å². The average Bonchev–Trinajstić information content (AvgIpc) is 2.88. The van der Waals surface area contributed by atoms with E-state index in [-0.39, 0.29) is 10.8 Å². The summed E-state index contributed by atoms with van der Waals surface area (Å²) in [5, 5.41) is 7.94. The highest BCUT2D eigenvalue weighted by molar-refractivity contribution is 7.89. The Labute approximate surface area is 140 Å². The maximum absolute atomic E-state index is 12.1. The fourth-order valence-corrected chi connectivity index (χ4v) is 3.78. The van der Waals surface area contributed by atoms with Gasteiger partial charge in [-0.3, -0.25) is 4.79 Å². The van der Waals surface area contributed by atoms with Crippen LogP contribution in [0.2, 0.25) is 0 Å². The number of thiophene rings is 1. The van der Waals surface area contributed by atoms with Gasteiger partial charge in [-0.15, -0.1) is 11.3 Å². The number of carbonyl (C=O) groups is 1. The molecular formula is C16H20N2O3S2. The Morgan fingerprint density at radius 3 is 2.43 bits per heavy atom. The molecule has 1 aromatic heterocycles. The molecule has 1 heterocycles. The summed E-state index contributed by atoms with van der Waals surface area (Å²) in [7, 11) is -3.66. The van der Waals surface area contributed by atoms with Gasteiger partial charge in [0.05, 0.1) is 9.77 Å². The van der Waals surface area contributed by atoms with Crippen molar-refractivity contribution in [1.82, 2.24) is 5.32 Å². The second-order valence-corrected chi connectivity index (χ2v) is 8.06. The number of amides is 1. The van der Waals surface area contributed by atoms with Gasteiger partial charge in [0, 0.05) is 11.4 Å². The number of hydrogen-bond acceptors (Lipinski definition) is 4. The molecule has 0 aliphatic rings. The summed E-state index contributed by atoms with van der Waals surface area (Å²) in [5.74, 6) is -0.0704. The van der Waals surface area contributed by atoms with Crippen LogP contribution in [0.3, 0.4) is 0 Å². The maximum atomic E-state index is 12.1. The third kappa shape index (κ3) is 4.63. The van der Waals surface area contributed by atoms with Gasteiger partial charge in [0.1, 0.15) is 0 Å². The molecule has 2 aromatic rings. The number of rotatable bonds is 6. The van der Waals surface area contributed by atoms with Crippen LogP contribution in [0.4, 0.5) is 0 Å². The van der Waals surface area contributed by atoms with Crippen molar-refractivity contribution in [2.45, 2.75) is 31.6 Å². The molecule has 0 bridgehead atoms. The quantitative estimate of drug-likeness (QED) is 0.835. The van der Waals surface area contributed by atoms with Crippen molar-refractivity contribution in [3.05, 3.63) is 51.2 Å². The van der Waals surface area contributed by atoms with Crippen LogP contribution in [0.1, 0.15) is 32.6 Å². The van der Waals surface area contributed by atoms with Gasteiger partial charge in [-0.2, -0.15) is 0 Å². The van der Waals surface area contributed by atoms with Crippen LogP contribution in [0.25, 0.3) is 0 Å². The van der Waals surface area contributed by atoms with Crippen molar-refractivity contribution >= 4 is 27.3 Å². The van der Waals surface area contributed by atoms with E-state index in [4.69, 9.17) is 5.14 Å². The number of nitrogens with one attached hydrogen (secondary N) is 1. The van der Waals surface area contributed by atoms with Gasteiger partial charge < -0.3 is 5.32 Å². The monoisotopic (exact) mass is 352 g/mol. The lowest BCUT2D eigenvalue weighted by atomic mass is 10.1. The van der Waals surface area contributed by atoms with E-state index in [0.717, 1.165) is 16.9 Å². The Kier molecular flexibility index (Phi) is 5.56. The van der Waals surface area contributed by atoms with Crippen molar-refractivity contribution in [2.24, 2.45) is 5.14 Å². The number of benzene rings is 1. The number of hydrogen-bond donors (Lipinski definition) is 2. The molecule has 3 N–H and O–H groups in total. The lowest BCUT2D eigenvalue weighted by Crippen LogP contribution is -2.24. The van der Waals surface area contributed by atoms with E-state index in [1.807, 2.05) is 13.0 Å². The lowest BCUT2D eigenvalue weighted by molar-refractivity contribution is 0.0958. The zero-order valence-corrected chi connectivity index (χ0v) is 14.8. The molecule has 1 amide bonds. The summed E-state index contributed by atoms with van der Waals surface area (Å²) < 4.78 is 22.4. The summed E-state index contributed by atoms with van der Waals surface area (Å²) in [6.07, 6.45) is 1.55. The Hall–Kier alpha value is -1.70. The Bertz CT molecular complexity index is 793. The van der Waals surface area contributed by atoms with Crippen LogP contribution in [-0.2, 0) is 22.9 Å². The molecule has 0 saturated heterocycles. The Morgan fingerprint density at radius 2 is 1.91 bits per heavy atom. The van der Waals surface area contributed by atoms with Gasteiger partial charge in [-0.1, -0.05) is 19.1 Å². The van der Waals surface area contributed by atoms with Crippen LogP contribution in [0.15, 0.2) is 35.2 Å². The third-order valence-corrected chi connectivity index (χ3v) is 5.60. The Balaban J connectivity index is 1.90. The molecule has 1 aromatic carbocycles. The van der Waals surface area contributed by atoms with Crippen molar-refractivity contribution in [3.8, 4) is 0 Å². The number of aryl methyl sites for hydroxylation is 2. The smallest absolute Gasteiger partial charge is 0.261 e. The highest BCUT2D eigenvalue weighted by Crippen LogP contribution is 2.21. The molecule has 0 saturated carbocycles. The first-order chi connectivity index (χ1) is 10.8. The molecule has 2 rings (SSSR count). The van der Waals surface area contributed by atoms with Crippen molar-refractivity contribution in [3.63, 3.8) is 0 Å². The minimum Gasteiger partial charge on any atom is -0.351 e. The average molecular weight is 352 g/mol. The Morgan fingerprint density at radius 1 is 1.26 bits per heavy atom. The standard InChI is InChI=1S/C16H20N2O3S2/c1-3-13-10-15(22-11(13)2)16(19)18-9-8-12-4-6-14(7-5-12)23(17,20)21/h4-7,10H,3,8-9H2,1-2H3,(H,18,19)(H2,17,20,21). The van der Waals surface area contributed by atoms with Gasteiger partial charge in [0.15, 0.2) is 0 Å². The van der Waals surface area contributed by atoms with Gasteiger partial charge >= 0.3 is 0 Å². The first-order valence-electron chi connectivity index (χ1n) is 7.30. The molecule has 0 atom stereocenters. The van der Waals surface area contributed by atoms with Crippen LogP contribution >= 0.6 is 11.3 Å². The summed E-state index contributed by atoms with van der Waals surface area (Å²) >= 11 is 1.51. The molecular weight excluding hydrogens is 332 g/mol. The first-order valence-corrected chi connectivity index (χ1v) is 9.66.